The van der Waals surface area contributed by atoms with Gasteiger partial charge in [-0.25, -0.2) is 4.79 Å². The van der Waals surface area contributed by atoms with E-state index in [4.69, 9.17) is 5.11 Å². The van der Waals surface area contributed by atoms with Crippen LogP contribution in [0.1, 0.15) is 12.5 Å². The van der Waals surface area contributed by atoms with Crippen LogP contribution >= 0.6 is 0 Å². The summed E-state index contributed by atoms with van der Waals surface area (Å²) >= 11 is 0. The van der Waals surface area contributed by atoms with Gasteiger partial charge in [0.2, 0.25) is 5.82 Å². The average Bonchev–Trinajstić information content (AvgIpc) is 2.24. The van der Waals surface area contributed by atoms with Gasteiger partial charge in [-0.3, -0.25) is 14.3 Å². The predicted octanol–water partition coefficient (Wildman–Crippen LogP) is -1.41. The van der Waals surface area contributed by atoms with Crippen molar-refractivity contribution in [3.8, 4) is 0 Å². The second-order valence-electron chi connectivity index (χ2n) is 3.88. The molecule has 0 amide bonds. The molecule has 1 aromatic heterocycles. The highest BCUT2D eigenvalue weighted by molar-refractivity contribution is 4.98. The lowest BCUT2D eigenvalue weighted by atomic mass is 9.77. The molecule has 0 radical (unpaired) electrons. The fraction of sp³-hybridized carbons (Fsp3) is 0.556. The Morgan fingerprint density at radius 1 is 1.56 bits per heavy atom. The minimum Gasteiger partial charge on any atom is -0.396 e. The summed E-state index contributed by atoms with van der Waals surface area (Å²) in [7, 11) is 0. The Balaban J connectivity index is 2.33. The number of aliphatic hydroxyl groups is 2. The molecule has 3 N–H and O–H groups in total. The van der Waals surface area contributed by atoms with E-state index in [0.717, 1.165) is 10.8 Å². The van der Waals surface area contributed by atoms with Crippen molar-refractivity contribution in [1.82, 2.24) is 9.55 Å². The number of nitrogens with zero attached hydrogens (tertiary/aromatic N) is 1. The van der Waals surface area contributed by atoms with E-state index in [9.17, 15) is 19.1 Å². The smallest absolute Gasteiger partial charge is 0.328 e. The molecule has 0 unspecified atom stereocenters. The summed E-state index contributed by atoms with van der Waals surface area (Å²) in [5.74, 6) is -1.37. The molecular weight excluding hydrogens is 219 g/mol. The minimum atomic E-state index is -1.08. The zero-order valence-electron chi connectivity index (χ0n) is 8.26. The van der Waals surface area contributed by atoms with Crippen molar-refractivity contribution in [2.24, 2.45) is 5.92 Å². The molecule has 1 fully saturated rings. The monoisotopic (exact) mass is 230 g/mol. The third-order valence-electron chi connectivity index (χ3n) is 2.94. The SMILES string of the molecule is O=c1[nH]c(=O)n([C@H]2C[C@H](CO)[C@@H]2O)cc1F. The highest BCUT2D eigenvalue weighted by Crippen LogP contribution is 2.36. The zero-order valence-corrected chi connectivity index (χ0v) is 8.26. The lowest BCUT2D eigenvalue weighted by Crippen LogP contribution is -2.49. The summed E-state index contributed by atoms with van der Waals surface area (Å²) in [4.78, 5) is 23.9. The van der Waals surface area contributed by atoms with Crippen molar-refractivity contribution >= 4 is 0 Å². The van der Waals surface area contributed by atoms with E-state index in [1.54, 1.807) is 0 Å². The van der Waals surface area contributed by atoms with Gasteiger partial charge in [0, 0.05) is 12.5 Å². The lowest BCUT2D eigenvalue weighted by molar-refractivity contribution is -0.0582. The van der Waals surface area contributed by atoms with Crippen LogP contribution in [-0.4, -0.2) is 32.5 Å². The van der Waals surface area contributed by atoms with Crippen LogP contribution in [0.25, 0.3) is 0 Å². The first kappa shape index (κ1) is 11.0. The number of H-pyrrole nitrogens is 1. The van der Waals surface area contributed by atoms with Crippen LogP contribution in [-0.2, 0) is 0 Å². The zero-order chi connectivity index (χ0) is 11.9. The Bertz CT molecular complexity index is 509. The molecule has 1 aliphatic carbocycles. The van der Waals surface area contributed by atoms with Crippen LogP contribution in [0.15, 0.2) is 15.8 Å². The van der Waals surface area contributed by atoms with Gasteiger partial charge in [0.25, 0.3) is 5.56 Å². The summed E-state index contributed by atoms with van der Waals surface area (Å²) in [5.41, 5.74) is -1.83. The van der Waals surface area contributed by atoms with Gasteiger partial charge in [-0.1, -0.05) is 0 Å². The second kappa shape index (κ2) is 3.84. The molecule has 1 saturated carbocycles. The van der Waals surface area contributed by atoms with Crippen molar-refractivity contribution in [2.45, 2.75) is 18.6 Å². The quantitative estimate of drug-likeness (QED) is 0.581. The van der Waals surface area contributed by atoms with E-state index in [1.165, 1.54) is 0 Å². The number of hydrogen-bond donors (Lipinski definition) is 3. The molecule has 1 aliphatic rings. The molecule has 0 bridgehead atoms. The first-order valence-corrected chi connectivity index (χ1v) is 4.84. The summed E-state index contributed by atoms with van der Waals surface area (Å²) in [6, 6.07) is -0.587. The number of aliphatic hydroxyl groups excluding tert-OH is 2. The van der Waals surface area contributed by atoms with Gasteiger partial charge >= 0.3 is 5.69 Å². The van der Waals surface area contributed by atoms with E-state index in [2.05, 4.69) is 0 Å². The Labute approximate surface area is 89.0 Å². The number of halogens is 1. The van der Waals surface area contributed by atoms with Gasteiger partial charge in [-0.15, -0.1) is 0 Å². The number of aromatic amines is 1. The van der Waals surface area contributed by atoms with Gasteiger partial charge in [0.05, 0.1) is 18.3 Å². The van der Waals surface area contributed by atoms with Gasteiger partial charge in [-0.2, -0.15) is 4.39 Å². The third-order valence-corrected chi connectivity index (χ3v) is 2.94. The van der Waals surface area contributed by atoms with Gasteiger partial charge < -0.3 is 10.2 Å². The Morgan fingerprint density at radius 3 is 2.81 bits per heavy atom. The molecule has 0 saturated heterocycles. The number of rotatable bonds is 2. The molecule has 6 nitrogen and oxygen atoms in total. The van der Waals surface area contributed by atoms with Crippen LogP contribution in [0.4, 0.5) is 4.39 Å². The molecule has 16 heavy (non-hydrogen) atoms. The largest absolute Gasteiger partial charge is 0.396 e. The molecule has 1 aromatic rings. The van der Waals surface area contributed by atoms with Crippen LogP contribution in [0, 0.1) is 11.7 Å². The molecule has 0 aromatic carbocycles. The van der Waals surface area contributed by atoms with E-state index >= 15 is 0 Å². The fourth-order valence-corrected chi connectivity index (χ4v) is 1.88. The Kier molecular flexibility index (Phi) is 2.64. The molecule has 3 atom stereocenters. The number of aromatic nitrogens is 2. The van der Waals surface area contributed by atoms with E-state index in [-0.39, 0.29) is 12.5 Å². The Hall–Kier alpha value is -1.47. The highest BCUT2D eigenvalue weighted by atomic mass is 19.1. The number of nitrogens with one attached hydrogen (secondary N) is 1. The lowest BCUT2D eigenvalue weighted by Gasteiger charge is -2.40. The normalized spacial score (nSPS) is 28.8. The van der Waals surface area contributed by atoms with Crippen molar-refractivity contribution in [3.05, 3.63) is 32.9 Å². The van der Waals surface area contributed by atoms with Crippen molar-refractivity contribution in [3.63, 3.8) is 0 Å². The minimum absolute atomic E-state index is 0.182. The van der Waals surface area contributed by atoms with Crippen LogP contribution in [0.3, 0.4) is 0 Å². The third kappa shape index (κ3) is 1.57. The first-order chi connectivity index (χ1) is 7.54. The van der Waals surface area contributed by atoms with E-state index in [1.807, 2.05) is 4.98 Å². The van der Waals surface area contributed by atoms with Crippen molar-refractivity contribution in [2.75, 3.05) is 6.61 Å². The average molecular weight is 230 g/mol. The standard InChI is InChI=1S/C9H11FN2O4/c10-5-2-12(9(16)11-8(5)15)6-1-4(3-13)7(6)14/h2,4,6-7,13-14H,1,3H2,(H,11,15,16)/t4-,6+,7+/m1/s1. The summed E-state index contributed by atoms with van der Waals surface area (Å²) in [5, 5.41) is 18.4. The van der Waals surface area contributed by atoms with E-state index < -0.39 is 29.2 Å². The molecule has 0 aliphatic heterocycles. The van der Waals surface area contributed by atoms with Gasteiger partial charge in [0.1, 0.15) is 0 Å². The maximum atomic E-state index is 13.0. The molecule has 1 heterocycles. The molecule has 0 spiro atoms. The topological polar surface area (TPSA) is 95.3 Å². The van der Waals surface area contributed by atoms with Gasteiger partial charge in [0.15, 0.2) is 0 Å². The highest BCUT2D eigenvalue weighted by Gasteiger charge is 2.41. The van der Waals surface area contributed by atoms with Crippen molar-refractivity contribution in [1.29, 1.82) is 0 Å². The summed E-state index contributed by atoms with van der Waals surface area (Å²) in [6.07, 6.45) is 0.263. The molecular formula is C9H11FN2O4. The maximum absolute atomic E-state index is 13.0. The van der Waals surface area contributed by atoms with Gasteiger partial charge in [-0.05, 0) is 6.42 Å². The summed E-state index contributed by atoms with van der Waals surface area (Å²) in [6.45, 7) is -0.182. The Morgan fingerprint density at radius 2 is 2.25 bits per heavy atom. The first-order valence-electron chi connectivity index (χ1n) is 4.84. The summed E-state index contributed by atoms with van der Waals surface area (Å²) < 4.78 is 13.9. The molecule has 88 valence electrons. The van der Waals surface area contributed by atoms with Crippen molar-refractivity contribution < 1.29 is 14.6 Å². The second-order valence-corrected chi connectivity index (χ2v) is 3.88. The van der Waals surface area contributed by atoms with Crippen LogP contribution in [0.2, 0.25) is 0 Å². The van der Waals surface area contributed by atoms with Crippen LogP contribution in [0.5, 0.6) is 0 Å². The van der Waals surface area contributed by atoms with Crippen LogP contribution < -0.4 is 11.2 Å². The maximum Gasteiger partial charge on any atom is 0.328 e. The number of hydrogen-bond acceptors (Lipinski definition) is 4. The fourth-order valence-electron chi connectivity index (χ4n) is 1.88. The molecule has 7 heteroatoms. The van der Waals surface area contributed by atoms with E-state index in [0.29, 0.717) is 6.42 Å². The molecule has 2 rings (SSSR count). The predicted molar refractivity (Wildman–Crippen MR) is 51.5 cm³/mol.